The third-order valence-corrected chi connectivity index (χ3v) is 3.55. The summed E-state index contributed by atoms with van der Waals surface area (Å²) in [6.07, 6.45) is 5.82. The number of unbranched alkanes of at least 4 members (excludes halogenated alkanes) is 5. The van der Waals surface area contributed by atoms with Gasteiger partial charge in [0, 0.05) is 18.4 Å². The molecular formula is C22H42O11. The summed E-state index contributed by atoms with van der Waals surface area (Å²) in [5, 5.41) is 41.2. The lowest BCUT2D eigenvalue weighted by Gasteiger charge is -2.03. The molecule has 0 aliphatic heterocycles. The van der Waals surface area contributed by atoms with Crippen molar-refractivity contribution in [2.24, 2.45) is 0 Å². The van der Waals surface area contributed by atoms with Gasteiger partial charge in [-0.2, -0.15) is 0 Å². The normalized spacial score (nSPS) is 9.70. The van der Waals surface area contributed by atoms with E-state index in [0.717, 1.165) is 38.5 Å². The second-order valence-electron chi connectivity index (χ2n) is 6.72. The second-order valence-corrected chi connectivity index (χ2v) is 6.72. The fourth-order valence-electron chi connectivity index (χ4n) is 1.97. The lowest BCUT2D eigenvalue weighted by molar-refractivity contribution is -0.140. The largest absolute Gasteiger partial charge is 0.481 e. The molecule has 0 aromatic carbocycles. The number of rotatable bonds is 19. The van der Waals surface area contributed by atoms with Gasteiger partial charge < -0.3 is 39.7 Å². The van der Waals surface area contributed by atoms with Gasteiger partial charge in [0.15, 0.2) is 0 Å². The van der Waals surface area contributed by atoms with Crippen LogP contribution in [0.25, 0.3) is 0 Å². The molecule has 196 valence electrons. The van der Waals surface area contributed by atoms with Gasteiger partial charge in [0.05, 0.1) is 46.2 Å². The topological polar surface area (TPSA) is 180 Å². The molecule has 0 fully saturated rings. The van der Waals surface area contributed by atoms with Crippen LogP contribution in [0.2, 0.25) is 0 Å². The number of esters is 1. The summed E-state index contributed by atoms with van der Waals surface area (Å²) >= 11 is 0. The molecule has 0 aromatic heterocycles. The molecule has 0 spiro atoms. The molecule has 11 heteroatoms. The van der Waals surface area contributed by atoms with E-state index >= 15 is 0 Å². The Balaban J connectivity index is -0.000000432. The highest BCUT2D eigenvalue weighted by Gasteiger charge is 2.01. The van der Waals surface area contributed by atoms with E-state index < -0.39 is 17.9 Å². The van der Waals surface area contributed by atoms with Crippen molar-refractivity contribution in [1.82, 2.24) is 0 Å². The van der Waals surface area contributed by atoms with E-state index in [1.807, 2.05) is 0 Å². The van der Waals surface area contributed by atoms with Crippen molar-refractivity contribution in [1.29, 1.82) is 0 Å². The summed E-state index contributed by atoms with van der Waals surface area (Å²) in [7, 11) is 0. The molecule has 33 heavy (non-hydrogen) atoms. The number of aliphatic hydroxyl groups excluding tert-OH is 3. The molecule has 0 saturated carbocycles. The Kier molecular flexibility index (Phi) is 32.3. The first-order valence-corrected chi connectivity index (χ1v) is 11.0. The zero-order chi connectivity index (χ0) is 25.7. The highest BCUT2D eigenvalue weighted by atomic mass is 16.6. The third kappa shape index (κ3) is 40.8. The highest BCUT2D eigenvalue weighted by Crippen LogP contribution is 2.08. The van der Waals surface area contributed by atoms with E-state index in [0.29, 0.717) is 25.4 Å². The van der Waals surface area contributed by atoms with Gasteiger partial charge in [0.1, 0.15) is 6.61 Å². The van der Waals surface area contributed by atoms with Crippen LogP contribution in [0, 0.1) is 0 Å². The fourth-order valence-corrected chi connectivity index (χ4v) is 1.97. The van der Waals surface area contributed by atoms with Crippen molar-refractivity contribution < 1.29 is 54.1 Å². The smallest absolute Gasteiger partial charge is 0.333 e. The molecule has 0 amide bonds. The molecular weight excluding hydrogens is 440 g/mol. The number of carbonyl (C=O) groups is 3. The number of aliphatic hydroxyl groups is 3. The average Bonchev–Trinajstić information content (AvgIpc) is 2.76. The number of carboxylic acid groups (broad SMARTS) is 2. The van der Waals surface area contributed by atoms with E-state index in [4.69, 9.17) is 35.0 Å². The predicted octanol–water partition coefficient (Wildman–Crippen LogP) is 1.38. The Hall–Kier alpha value is -2.05. The number of ether oxygens (including phenoxy) is 3. The van der Waals surface area contributed by atoms with Crippen molar-refractivity contribution in [2.75, 3.05) is 52.9 Å². The lowest BCUT2D eigenvalue weighted by Crippen LogP contribution is -2.12. The average molecular weight is 483 g/mol. The Labute approximate surface area is 196 Å². The zero-order valence-electron chi connectivity index (χ0n) is 19.7. The van der Waals surface area contributed by atoms with E-state index in [9.17, 15) is 14.4 Å². The van der Waals surface area contributed by atoms with Crippen LogP contribution >= 0.6 is 0 Å². The Morgan fingerprint density at radius 1 is 0.636 bits per heavy atom. The molecule has 0 aromatic rings. The number of carbonyl (C=O) groups excluding carboxylic acids is 1. The van der Waals surface area contributed by atoms with Crippen molar-refractivity contribution in [2.45, 2.75) is 58.3 Å². The van der Waals surface area contributed by atoms with Gasteiger partial charge in [0.25, 0.3) is 0 Å². The molecule has 0 bridgehead atoms. The zero-order valence-corrected chi connectivity index (χ0v) is 19.7. The minimum atomic E-state index is -0.740. The maximum atomic E-state index is 10.7. The molecule has 0 radical (unpaired) electrons. The quantitative estimate of drug-likeness (QED) is 0.102. The summed E-state index contributed by atoms with van der Waals surface area (Å²) < 4.78 is 14.2. The van der Waals surface area contributed by atoms with E-state index in [1.54, 1.807) is 6.92 Å². The van der Waals surface area contributed by atoms with Gasteiger partial charge >= 0.3 is 17.9 Å². The number of hydrogen-bond acceptors (Lipinski definition) is 9. The van der Waals surface area contributed by atoms with Gasteiger partial charge in [-0.25, -0.2) is 4.79 Å². The molecule has 5 N–H and O–H groups in total. The van der Waals surface area contributed by atoms with Crippen LogP contribution in [0.3, 0.4) is 0 Å². The standard InChI is InChI=1S/C10H18O4.C8H14O4.C4H10O3/c11-9(12)7-5-3-1-2-4-6-8-10(13)14;1-7(2)8(10)12-6-5-11-4-3-9;5-1-3-7-4-2-6/h1-8H2,(H,11,12)(H,13,14);9H,1,3-6H2,2H3;5-6H,1-4H2. The van der Waals surface area contributed by atoms with Crippen molar-refractivity contribution >= 4 is 17.9 Å². The minimum Gasteiger partial charge on any atom is -0.481 e. The predicted molar refractivity (Wildman–Crippen MR) is 121 cm³/mol. The molecule has 0 rings (SSSR count). The summed E-state index contributed by atoms with van der Waals surface area (Å²) in [5.41, 5.74) is 0.372. The van der Waals surface area contributed by atoms with E-state index in [2.05, 4.69) is 11.3 Å². The van der Waals surface area contributed by atoms with Gasteiger partial charge in [-0.15, -0.1) is 0 Å². The fraction of sp³-hybridized carbons (Fsp3) is 0.773. The summed E-state index contributed by atoms with van der Waals surface area (Å²) in [5.74, 6) is -1.89. The number of carboxylic acids is 2. The second kappa shape index (κ2) is 29.9. The van der Waals surface area contributed by atoms with Gasteiger partial charge in [-0.05, 0) is 19.8 Å². The summed E-state index contributed by atoms with van der Waals surface area (Å²) in [4.78, 5) is 31.0. The molecule has 0 aliphatic carbocycles. The molecule has 0 saturated heterocycles. The minimum absolute atomic E-state index is 0.0194. The van der Waals surface area contributed by atoms with Crippen LogP contribution in [0.15, 0.2) is 12.2 Å². The summed E-state index contributed by atoms with van der Waals surface area (Å²) in [6, 6.07) is 0. The Morgan fingerprint density at radius 2 is 1.00 bits per heavy atom. The van der Waals surface area contributed by atoms with E-state index in [-0.39, 0.29) is 45.9 Å². The Morgan fingerprint density at radius 3 is 1.33 bits per heavy atom. The first kappa shape index (κ1) is 35.5. The monoisotopic (exact) mass is 482 g/mol. The van der Waals surface area contributed by atoms with Gasteiger partial charge in [-0.3, -0.25) is 9.59 Å². The van der Waals surface area contributed by atoms with Crippen LogP contribution in [-0.4, -0.2) is 96.3 Å². The third-order valence-electron chi connectivity index (χ3n) is 3.55. The number of hydrogen-bond donors (Lipinski definition) is 5. The Bertz CT molecular complexity index is 457. The van der Waals surface area contributed by atoms with Crippen LogP contribution in [0.5, 0.6) is 0 Å². The molecule has 11 nitrogen and oxygen atoms in total. The lowest BCUT2D eigenvalue weighted by atomic mass is 10.1. The van der Waals surface area contributed by atoms with Gasteiger partial charge in [0.2, 0.25) is 0 Å². The van der Waals surface area contributed by atoms with Crippen LogP contribution in [-0.2, 0) is 28.6 Å². The van der Waals surface area contributed by atoms with Gasteiger partial charge in [-0.1, -0.05) is 32.3 Å². The molecule has 0 aliphatic rings. The summed E-state index contributed by atoms with van der Waals surface area (Å²) in [6.45, 7) is 6.44. The van der Waals surface area contributed by atoms with E-state index in [1.165, 1.54) is 0 Å². The van der Waals surface area contributed by atoms with Crippen molar-refractivity contribution in [3.63, 3.8) is 0 Å². The highest BCUT2D eigenvalue weighted by molar-refractivity contribution is 5.86. The first-order chi connectivity index (χ1) is 15.7. The molecule has 0 unspecified atom stereocenters. The SMILES string of the molecule is C=C(C)C(=O)OCCOCCO.O=C(O)CCCCCCCCC(=O)O.OCCOCCO. The van der Waals surface area contributed by atoms with Crippen LogP contribution in [0.4, 0.5) is 0 Å². The number of aliphatic carboxylic acids is 2. The van der Waals surface area contributed by atoms with Crippen molar-refractivity contribution in [3.05, 3.63) is 12.2 Å². The maximum Gasteiger partial charge on any atom is 0.333 e. The van der Waals surface area contributed by atoms with Crippen LogP contribution < -0.4 is 0 Å². The molecule has 0 atom stereocenters. The maximum absolute atomic E-state index is 10.7. The molecule has 0 heterocycles. The van der Waals surface area contributed by atoms with Crippen LogP contribution in [0.1, 0.15) is 58.3 Å². The first-order valence-electron chi connectivity index (χ1n) is 11.0. The van der Waals surface area contributed by atoms with Crippen molar-refractivity contribution in [3.8, 4) is 0 Å².